The maximum atomic E-state index is 13.4. The van der Waals surface area contributed by atoms with Gasteiger partial charge in [0.1, 0.15) is 11.8 Å². The number of rotatable bonds is 21. The number of aliphatic carboxylic acids is 3. The van der Waals surface area contributed by atoms with Crippen LogP contribution in [0.2, 0.25) is 0 Å². The number of nitrogens with zero attached hydrogens (tertiary/aromatic N) is 4. The van der Waals surface area contributed by atoms with E-state index in [2.05, 4.69) is 16.0 Å². The highest BCUT2D eigenvalue weighted by atomic mass is 16.7. The number of nitrogens with one attached hydrogen (secondary N) is 3. The van der Waals surface area contributed by atoms with Gasteiger partial charge in [-0.3, -0.25) is 43.6 Å². The molecule has 56 heavy (non-hydrogen) atoms. The zero-order valence-electron chi connectivity index (χ0n) is 32.9. The molecule has 2 amide bonds. The molecule has 0 bridgehead atoms. The number of Topliss-reactive ketones (excluding diaryl/α,β-unsaturated/α-hetero) is 1. The van der Waals surface area contributed by atoms with Crippen molar-refractivity contribution in [3.8, 4) is 0 Å². The van der Waals surface area contributed by atoms with Crippen LogP contribution in [-0.4, -0.2) is 214 Å². The molecule has 0 radical (unpaired) electrons. The first kappa shape index (κ1) is 47.0. The van der Waals surface area contributed by atoms with Gasteiger partial charge < -0.3 is 55.0 Å². The molecule has 3 heterocycles. The first-order chi connectivity index (χ1) is 26.8. The van der Waals surface area contributed by atoms with Crippen LogP contribution in [-0.2, 0) is 47.7 Å². The molecule has 1 unspecified atom stereocenters. The number of ether oxygens (including phenoxy) is 4. The molecular weight excluding hydrogens is 738 g/mol. The van der Waals surface area contributed by atoms with Crippen LogP contribution < -0.4 is 16.0 Å². The Labute approximate surface area is 328 Å². The SMILES string of the molecule is CNCCCC1OCC2(CO1)COC(CCCNC(=O)C(CCC(C)=O)NC(=O)CN1CCN(CC(=O)O)CCN(CC(=O)O)CCN(CC(=O)O)CC1)OC2. The van der Waals surface area contributed by atoms with Gasteiger partial charge in [0.25, 0.3) is 0 Å². The third kappa shape index (κ3) is 18.7. The maximum absolute atomic E-state index is 13.4. The topological polar surface area (TPSA) is 249 Å². The molecule has 0 saturated carbocycles. The number of amides is 2. The van der Waals surface area contributed by atoms with Gasteiger partial charge in [0.05, 0.1) is 58.0 Å². The summed E-state index contributed by atoms with van der Waals surface area (Å²) in [5.74, 6) is -4.22. The molecule has 320 valence electrons. The summed E-state index contributed by atoms with van der Waals surface area (Å²) < 4.78 is 23.8. The van der Waals surface area contributed by atoms with Crippen LogP contribution >= 0.6 is 0 Å². The second kappa shape index (κ2) is 25.1. The van der Waals surface area contributed by atoms with E-state index in [4.69, 9.17) is 18.9 Å². The number of carboxylic acid groups (broad SMARTS) is 3. The van der Waals surface area contributed by atoms with Crippen molar-refractivity contribution >= 4 is 35.5 Å². The summed E-state index contributed by atoms with van der Waals surface area (Å²) in [7, 11) is 1.91. The molecule has 20 heteroatoms. The van der Waals surface area contributed by atoms with E-state index in [9.17, 15) is 44.1 Å². The number of carbonyl (C=O) groups excluding carboxylic acids is 3. The van der Waals surface area contributed by atoms with Crippen molar-refractivity contribution < 1.29 is 63.0 Å². The molecular formula is C36H63N7O13. The van der Waals surface area contributed by atoms with Gasteiger partial charge in [0.2, 0.25) is 11.8 Å². The van der Waals surface area contributed by atoms with Gasteiger partial charge in [-0.05, 0) is 46.2 Å². The Morgan fingerprint density at radius 1 is 0.643 bits per heavy atom. The van der Waals surface area contributed by atoms with Gasteiger partial charge >= 0.3 is 17.9 Å². The van der Waals surface area contributed by atoms with Crippen LogP contribution in [0.1, 0.15) is 45.4 Å². The monoisotopic (exact) mass is 801 g/mol. The summed E-state index contributed by atoms with van der Waals surface area (Å²) in [5.41, 5.74) is -0.350. The molecule has 0 aromatic carbocycles. The number of hydrogen-bond acceptors (Lipinski definition) is 15. The van der Waals surface area contributed by atoms with Gasteiger partial charge in [-0.2, -0.15) is 0 Å². The molecule has 3 aliphatic heterocycles. The number of carboxylic acids is 3. The van der Waals surface area contributed by atoms with E-state index in [-0.39, 0.29) is 115 Å². The van der Waals surface area contributed by atoms with E-state index < -0.39 is 42.1 Å². The van der Waals surface area contributed by atoms with Crippen molar-refractivity contribution in [2.24, 2.45) is 5.41 Å². The molecule has 1 atom stereocenters. The van der Waals surface area contributed by atoms with Gasteiger partial charge in [-0.25, -0.2) is 0 Å². The highest BCUT2D eigenvalue weighted by Crippen LogP contribution is 2.31. The summed E-state index contributed by atoms with van der Waals surface area (Å²) in [6, 6.07) is -0.985. The Morgan fingerprint density at radius 2 is 1.04 bits per heavy atom. The van der Waals surface area contributed by atoms with Crippen molar-refractivity contribution in [2.75, 3.05) is 125 Å². The van der Waals surface area contributed by atoms with Gasteiger partial charge in [0, 0.05) is 71.7 Å². The van der Waals surface area contributed by atoms with Crippen molar-refractivity contribution in [1.82, 2.24) is 35.6 Å². The predicted molar refractivity (Wildman–Crippen MR) is 200 cm³/mol. The molecule has 1 spiro atoms. The molecule has 3 rings (SSSR count). The number of ketones is 1. The Bertz CT molecular complexity index is 1230. The number of carbonyl (C=O) groups is 6. The van der Waals surface area contributed by atoms with Crippen molar-refractivity contribution in [3.05, 3.63) is 0 Å². The van der Waals surface area contributed by atoms with Crippen molar-refractivity contribution in [3.63, 3.8) is 0 Å². The second-order valence-electron chi connectivity index (χ2n) is 14.9. The average molecular weight is 802 g/mol. The van der Waals surface area contributed by atoms with Crippen molar-refractivity contribution in [1.29, 1.82) is 0 Å². The molecule has 6 N–H and O–H groups in total. The standard InChI is InChI=1S/C36H63N7O13/c1-27(44)7-8-28(35(52)38-10-4-6-34-55-25-36(26-56-34)23-53-33(54-24-36)5-3-9-37-2)39-29(45)19-40-11-13-41(20-30(46)47)15-17-43(22-32(50)51)18-16-42(14-12-40)21-31(48)49/h28,33-34,37H,3-26H2,1-2H3,(H,38,52)(H,39,45)(H,46,47)(H,48,49)(H,50,51). The fourth-order valence-corrected chi connectivity index (χ4v) is 6.65. The molecule has 20 nitrogen and oxygen atoms in total. The first-order valence-electron chi connectivity index (χ1n) is 19.5. The third-order valence-corrected chi connectivity index (χ3v) is 9.89. The maximum Gasteiger partial charge on any atom is 0.317 e. The summed E-state index contributed by atoms with van der Waals surface area (Å²) in [4.78, 5) is 79.9. The smallest absolute Gasteiger partial charge is 0.317 e. The Morgan fingerprint density at radius 3 is 1.41 bits per heavy atom. The zero-order valence-corrected chi connectivity index (χ0v) is 32.9. The molecule has 3 fully saturated rings. The van der Waals surface area contributed by atoms with Gasteiger partial charge in [0.15, 0.2) is 12.6 Å². The van der Waals surface area contributed by atoms with E-state index >= 15 is 0 Å². The molecule has 0 aromatic rings. The fourth-order valence-electron chi connectivity index (χ4n) is 6.65. The van der Waals surface area contributed by atoms with Gasteiger partial charge in [-0.1, -0.05) is 0 Å². The minimum atomic E-state index is -1.06. The van der Waals surface area contributed by atoms with Crippen molar-refractivity contribution in [2.45, 2.75) is 64.1 Å². The first-order valence-corrected chi connectivity index (χ1v) is 19.5. The minimum absolute atomic E-state index is 0.0743. The Kier molecular flexibility index (Phi) is 21.1. The third-order valence-electron chi connectivity index (χ3n) is 9.89. The lowest BCUT2D eigenvalue weighted by Crippen LogP contribution is -2.52. The average Bonchev–Trinajstić information content (AvgIpc) is 3.14. The normalized spacial score (nSPS) is 24.4. The van der Waals surface area contributed by atoms with E-state index in [0.29, 0.717) is 39.3 Å². The largest absolute Gasteiger partial charge is 0.480 e. The fraction of sp³-hybridized carbons (Fsp3) is 0.833. The lowest BCUT2D eigenvalue weighted by molar-refractivity contribution is -0.304. The highest BCUT2D eigenvalue weighted by Gasteiger charge is 2.41. The second-order valence-corrected chi connectivity index (χ2v) is 14.9. The molecule has 3 saturated heterocycles. The lowest BCUT2D eigenvalue weighted by atomic mass is 9.90. The summed E-state index contributed by atoms with van der Waals surface area (Å²) in [6.07, 6.45) is 2.33. The van der Waals surface area contributed by atoms with Crippen LogP contribution in [0, 0.1) is 5.41 Å². The summed E-state index contributed by atoms with van der Waals surface area (Å²) in [6.45, 7) is 5.37. The Hall–Kier alpha value is -3.34. The van der Waals surface area contributed by atoms with Crippen LogP contribution in [0.5, 0.6) is 0 Å². The molecule has 0 aromatic heterocycles. The van der Waals surface area contributed by atoms with Crippen LogP contribution in [0.25, 0.3) is 0 Å². The van der Waals surface area contributed by atoms with E-state index in [0.717, 1.165) is 19.4 Å². The zero-order chi connectivity index (χ0) is 40.9. The summed E-state index contributed by atoms with van der Waals surface area (Å²) >= 11 is 0. The quantitative estimate of drug-likeness (QED) is 0.0684. The van der Waals surface area contributed by atoms with Crippen LogP contribution in [0.3, 0.4) is 0 Å². The molecule has 0 aliphatic carbocycles. The predicted octanol–water partition coefficient (Wildman–Crippen LogP) is -2.06. The number of hydrogen-bond donors (Lipinski definition) is 6. The van der Waals surface area contributed by atoms with E-state index in [1.807, 2.05) is 7.05 Å². The van der Waals surface area contributed by atoms with Crippen LogP contribution in [0.4, 0.5) is 0 Å². The molecule has 3 aliphatic rings. The van der Waals surface area contributed by atoms with E-state index in [1.54, 1.807) is 19.6 Å². The minimum Gasteiger partial charge on any atom is -0.480 e. The van der Waals surface area contributed by atoms with E-state index in [1.165, 1.54) is 6.92 Å². The van der Waals surface area contributed by atoms with Gasteiger partial charge in [-0.15, -0.1) is 0 Å². The van der Waals surface area contributed by atoms with Crippen LogP contribution in [0.15, 0.2) is 0 Å². The summed E-state index contributed by atoms with van der Waals surface area (Å²) in [5, 5.41) is 37.1. The highest BCUT2D eigenvalue weighted by molar-refractivity contribution is 5.89. The Balaban J connectivity index is 1.51. The lowest BCUT2D eigenvalue weighted by Gasteiger charge is -2.43.